The highest BCUT2D eigenvalue weighted by atomic mass is 15.3. The molecule has 0 saturated carbocycles. The van der Waals surface area contributed by atoms with Gasteiger partial charge in [0.2, 0.25) is 5.96 Å². The van der Waals surface area contributed by atoms with Gasteiger partial charge in [-0.3, -0.25) is 0 Å². The molecule has 5 heteroatoms. The highest BCUT2D eigenvalue weighted by molar-refractivity contribution is 5.83. The fraction of sp³-hybridized carbons (Fsp3) is 0.500. The molecule has 0 spiro atoms. The Morgan fingerprint density at radius 3 is 2.59 bits per heavy atom. The fourth-order valence-corrected chi connectivity index (χ4v) is 1.76. The minimum atomic E-state index is -0.0303. The predicted octanol–water partition coefficient (Wildman–Crippen LogP) is 1.37. The molecular formula is C12H21N5. The molecule has 17 heavy (non-hydrogen) atoms. The van der Waals surface area contributed by atoms with Crippen molar-refractivity contribution in [3.8, 4) is 0 Å². The van der Waals surface area contributed by atoms with Gasteiger partial charge < -0.3 is 16.0 Å². The van der Waals surface area contributed by atoms with Crippen LogP contribution < -0.4 is 11.5 Å². The molecule has 0 aromatic carbocycles. The molecule has 0 aliphatic rings. The van der Waals surface area contributed by atoms with Crippen molar-refractivity contribution in [3.05, 3.63) is 23.0 Å². The zero-order chi connectivity index (χ0) is 13.0. The van der Waals surface area contributed by atoms with E-state index >= 15 is 0 Å². The van der Waals surface area contributed by atoms with Gasteiger partial charge in [-0.15, -0.1) is 5.10 Å². The second kappa shape index (κ2) is 5.52. The van der Waals surface area contributed by atoms with Crippen LogP contribution in [0.4, 0.5) is 0 Å². The zero-order valence-electron chi connectivity index (χ0n) is 10.9. The summed E-state index contributed by atoms with van der Waals surface area (Å²) >= 11 is 0. The predicted molar refractivity (Wildman–Crippen MR) is 72.1 cm³/mol. The van der Waals surface area contributed by atoms with Gasteiger partial charge in [-0.25, -0.2) is 0 Å². The number of hydrogen-bond donors (Lipinski definition) is 2. The number of nitrogens with two attached hydrogens (primary N) is 2. The Morgan fingerprint density at radius 2 is 2.06 bits per heavy atom. The van der Waals surface area contributed by atoms with Gasteiger partial charge in [0.15, 0.2) is 0 Å². The van der Waals surface area contributed by atoms with E-state index in [0.717, 1.165) is 12.1 Å². The quantitative estimate of drug-likeness (QED) is 0.469. The summed E-state index contributed by atoms with van der Waals surface area (Å²) in [5.41, 5.74) is 13.9. The van der Waals surface area contributed by atoms with Crippen molar-refractivity contribution in [2.75, 3.05) is 0 Å². The first-order valence-corrected chi connectivity index (χ1v) is 5.70. The van der Waals surface area contributed by atoms with Crippen LogP contribution >= 0.6 is 0 Å². The molecule has 0 saturated heterocycles. The number of hydrogen-bond acceptors (Lipinski definition) is 2. The molecule has 1 aromatic rings. The lowest BCUT2D eigenvalue weighted by atomic mass is 10.2. The Morgan fingerprint density at radius 1 is 1.41 bits per heavy atom. The largest absolute Gasteiger partial charge is 0.369 e. The molecule has 0 radical (unpaired) electrons. The van der Waals surface area contributed by atoms with Crippen LogP contribution in [0.15, 0.2) is 16.3 Å². The second-order valence-corrected chi connectivity index (χ2v) is 4.60. The van der Waals surface area contributed by atoms with Gasteiger partial charge in [0.1, 0.15) is 0 Å². The number of aromatic nitrogens is 1. The average Bonchev–Trinajstić information content (AvgIpc) is 2.45. The third-order valence-corrected chi connectivity index (χ3v) is 2.53. The number of nitrogens with zero attached hydrogens (tertiary/aromatic N) is 3. The Bertz CT molecular complexity index is 436. The van der Waals surface area contributed by atoms with Crippen LogP contribution in [0.2, 0.25) is 0 Å². The molecule has 0 atom stereocenters. The number of guanidine groups is 1. The van der Waals surface area contributed by atoms with Crippen LogP contribution in [-0.2, 0) is 6.54 Å². The minimum absolute atomic E-state index is 0.0303. The Balaban J connectivity index is 2.96. The first-order valence-electron chi connectivity index (χ1n) is 5.70. The summed E-state index contributed by atoms with van der Waals surface area (Å²) < 4.78 is 2.28. The van der Waals surface area contributed by atoms with Gasteiger partial charge in [-0.2, -0.15) is 5.10 Å². The lowest BCUT2D eigenvalue weighted by Gasteiger charge is -2.11. The van der Waals surface area contributed by atoms with E-state index in [4.69, 9.17) is 11.5 Å². The van der Waals surface area contributed by atoms with E-state index in [-0.39, 0.29) is 5.96 Å². The molecular weight excluding hydrogens is 214 g/mol. The fourth-order valence-electron chi connectivity index (χ4n) is 1.76. The first-order chi connectivity index (χ1) is 7.91. The molecule has 5 nitrogen and oxygen atoms in total. The molecule has 0 fully saturated rings. The third-order valence-electron chi connectivity index (χ3n) is 2.53. The maximum atomic E-state index is 5.20. The van der Waals surface area contributed by atoms with Crippen molar-refractivity contribution in [3.63, 3.8) is 0 Å². The standard InChI is InChI=1S/C12H21N5/c1-8(2)7-17-9(3)5-11(10(17)4)6-15-16-12(13)14/h5-6,8H,7H2,1-4H3,(H4,13,14,16)/b15-6+. The molecule has 1 rings (SSSR count). The molecule has 4 N–H and O–H groups in total. The van der Waals surface area contributed by atoms with Crippen LogP contribution in [-0.4, -0.2) is 16.7 Å². The summed E-state index contributed by atoms with van der Waals surface area (Å²) in [7, 11) is 0. The second-order valence-electron chi connectivity index (χ2n) is 4.60. The molecule has 0 aliphatic carbocycles. The summed E-state index contributed by atoms with van der Waals surface area (Å²) in [5.74, 6) is 0.583. The highest BCUT2D eigenvalue weighted by Crippen LogP contribution is 2.15. The molecule has 0 amide bonds. The molecule has 94 valence electrons. The van der Waals surface area contributed by atoms with Crippen LogP contribution in [0.3, 0.4) is 0 Å². The van der Waals surface area contributed by atoms with Crippen LogP contribution in [0.5, 0.6) is 0 Å². The maximum Gasteiger partial charge on any atom is 0.211 e. The van der Waals surface area contributed by atoms with Crippen molar-refractivity contribution < 1.29 is 0 Å². The molecule has 1 aromatic heterocycles. The van der Waals surface area contributed by atoms with E-state index in [9.17, 15) is 0 Å². The van der Waals surface area contributed by atoms with Gasteiger partial charge >= 0.3 is 0 Å². The van der Waals surface area contributed by atoms with Crippen molar-refractivity contribution in [1.29, 1.82) is 0 Å². The molecule has 0 aliphatic heterocycles. The van der Waals surface area contributed by atoms with E-state index in [1.807, 2.05) is 0 Å². The van der Waals surface area contributed by atoms with Crippen molar-refractivity contribution in [1.82, 2.24) is 4.57 Å². The number of rotatable bonds is 4. The molecule has 1 heterocycles. The zero-order valence-corrected chi connectivity index (χ0v) is 10.9. The summed E-state index contributed by atoms with van der Waals surface area (Å²) in [6, 6.07) is 2.09. The van der Waals surface area contributed by atoms with Gasteiger partial charge in [-0.05, 0) is 25.8 Å². The van der Waals surface area contributed by atoms with E-state index in [2.05, 4.69) is 48.5 Å². The highest BCUT2D eigenvalue weighted by Gasteiger charge is 2.08. The van der Waals surface area contributed by atoms with E-state index in [0.29, 0.717) is 5.92 Å². The number of aryl methyl sites for hydroxylation is 1. The van der Waals surface area contributed by atoms with Crippen LogP contribution in [0, 0.1) is 19.8 Å². The van der Waals surface area contributed by atoms with E-state index < -0.39 is 0 Å². The van der Waals surface area contributed by atoms with Gasteiger partial charge in [0, 0.05) is 23.5 Å². The SMILES string of the molecule is Cc1cc(/C=N/N=C(N)N)c(C)n1CC(C)C. The van der Waals surface area contributed by atoms with Crippen LogP contribution in [0.25, 0.3) is 0 Å². The smallest absolute Gasteiger partial charge is 0.211 e. The van der Waals surface area contributed by atoms with E-state index in [1.165, 1.54) is 11.4 Å². The monoisotopic (exact) mass is 235 g/mol. The first kappa shape index (κ1) is 13.3. The average molecular weight is 235 g/mol. The Hall–Kier alpha value is -1.78. The van der Waals surface area contributed by atoms with Crippen LogP contribution in [0.1, 0.15) is 30.8 Å². The summed E-state index contributed by atoms with van der Waals surface area (Å²) in [6.07, 6.45) is 1.68. The summed E-state index contributed by atoms with van der Waals surface area (Å²) in [5, 5.41) is 7.43. The third kappa shape index (κ3) is 3.62. The van der Waals surface area contributed by atoms with Gasteiger partial charge in [-0.1, -0.05) is 13.8 Å². The minimum Gasteiger partial charge on any atom is -0.369 e. The van der Waals surface area contributed by atoms with E-state index in [1.54, 1.807) is 6.21 Å². The molecule has 0 unspecified atom stereocenters. The van der Waals surface area contributed by atoms with Crippen molar-refractivity contribution in [2.24, 2.45) is 27.6 Å². The lowest BCUT2D eigenvalue weighted by molar-refractivity contribution is 0.509. The van der Waals surface area contributed by atoms with Gasteiger partial charge in [0.25, 0.3) is 0 Å². The Kier molecular flexibility index (Phi) is 4.31. The summed E-state index contributed by atoms with van der Waals surface area (Å²) in [4.78, 5) is 0. The van der Waals surface area contributed by atoms with Gasteiger partial charge in [0.05, 0.1) is 6.21 Å². The lowest BCUT2D eigenvalue weighted by Crippen LogP contribution is -2.21. The Labute approximate surface area is 102 Å². The van der Waals surface area contributed by atoms with Crippen molar-refractivity contribution in [2.45, 2.75) is 34.2 Å². The van der Waals surface area contributed by atoms with Crippen molar-refractivity contribution >= 4 is 12.2 Å². The normalized spacial score (nSPS) is 11.4. The summed E-state index contributed by atoms with van der Waals surface area (Å²) in [6.45, 7) is 9.57. The molecule has 0 bridgehead atoms. The maximum absolute atomic E-state index is 5.20. The topological polar surface area (TPSA) is 81.7 Å².